The Morgan fingerprint density at radius 1 is 1.35 bits per heavy atom. The number of rotatable bonds is 4. The molecule has 1 aromatic rings. The van der Waals surface area contributed by atoms with Gasteiger partial charge in [0.05, 0.1) is 5.02 Å². The van der Waals surface area contributed by atoms with E-state index in [9.17, 15) is 8.42 Å². The van der Waals surface area contributed by atoms with E-state index in [1.165, 1.54) is 12.1 Å². The summed E-state index contributed by atoms with van der Waals surface area (Å²) in [5, 5.41) is 0.493. The summed E-state index contributed by atoms with van der Waals surface area (Å²) in [6.07, 6.45) is 1.86. The number of sulfonamides is 1. The second-order valence-electron chi connectivity index (χ2n) is 4.61. The van der Waals surface area contributed by atoms with Crippen LogP contribution in [0.4, 0.5) is 0 Å². The highest BCUT2D eigenvalue weighted by atomic mass is 35.5. The Hall–Kier alpha value is 0.0200. The Morgan fingerprint density at radius 2 is 2.10 bits per heavy atom. The van der Waals surface area contributed by atoms with Crippen LogP contribution in [0.3, 0.4) is 0 Å². The molecule has 1 saturated heterocycles. The van der Waals surface area contributed by atoms with Crippen molar-refractivity contribution in [2.45, 2.75) is 30.3 Å². The summed E-state index contributed by atoms with van der Waals surface area (Å²) in [6, 6.07) is 2.82. The van der Waals surface area contributed by atoms with Crippen molar-refractivity contribution in [1.82, 2.24) is 4.72 Å². The van der Waals surface area contributed by atoms with Gasteiger partial charge in [0, 0.05) is 23.4 Å². The molecule has 1 unspecified atom stereocenters. The lowest BCUT2D eigenvalue weighted by molar-refractivity contribution is 0.543. The zero-order valence-electron chi connectivity index (χ0n) is 10.7. The maximum absolute atomic E-state index is 12.4. The average Bonchev–Trinajstić information content (AvgIpc) is 2.39. The summed E-state index contributed by atoms with van der Waals surface area (Å²) in [4.78, 5) is 0.0413. The molecular weight excluding hydrogens is 339 g/mol. The lowest BCUT2D eigenvalue weighted by Gasteiger charge is -2.22. The van der Waals surface area contributed by atoms with E-state index < -0.39 is 10.0 Å². The standard InChI is InChI=1S/C12H16Cl2N2O2S2/c13-10-5-11(14)12(4-8(10)6-15)20(17,18)16-9-2-1-3-19-7-9/h4-5,9,16H,1-3,6-7,15H2. The molecule has 20 heavy (non-hydrogen) atoms. The Balaban J connectivity index is 2.28. The minimum absolute atomic E-state index is 0.0413. The first-order valence-electron chi connectivity index (χ1n) is 6.22. The fourth-order valence-corrected chi connectivity index (χ4v) is 5.37. The fourth-order valence-electron chi connectivity index (χ4n) is 2.05. The number of halogens is 2. The van der Waals surface area contributed by atoms with Gasteiger partial charge in [-0.1, -0.05) is 23.2 Å². The summed E-state index contributed by atoms with van der Waals surface area (Å²) in [5.74, 6) is 1.87. The molecule has 0 aromatic heterocycles. The van der Waals surface area contributed by atoms with Gasteiger partial charge in [0.25, 0.3) is 0 Å². The van der Waals surface area contributed by atoms with E-state index >= 15 is 0 Å². The van der Waals surface area contributed by atoms with Gasteiger partial charge in [0.15, 0.2) is 0 Å². The van der Waals surface area contributed by atoms with Crippen molar-refractivity contribution in [3.05, 3.63) is 27.7 Å². The minimum atomic E-state index is -3.65. The van der Waals surface area contributed by atoms with Crippen molar-refractivity contribution >= 4 is 45.0 Å². The maximum Gasteiger partial charge on any atom is 0.242 e. The number of hydrogen-bond donors (Lipinski definition) is 2. The van der Waals surface area contributed by atoms with Gasteiger partial charge < -0.3 is 5.73 Å². The first kappa shape index (κ1) is 16.4. The zero-order valence-corrected chi connectivity index (χ0v) is 13.9. The predicted octanol–water partition coefficient (Wildman–Crippen LogP) is 2.63. The molecule has 8 heteroatoms. The highest BCUT2D eigenvalue weighted by Crippen LogP contribution is 2.29. The van der Waals surface area contributed by atoms with Crippen LogP contribution in [0.15, 0.2) is 17.0 Å². The normalized spacial score (nSPS) is 20.1. The molecule has 112 valence electrons. The number of nitrogens with two attached hydrogens (primary N) is 1. The predicted molar refractivity (Wildman–Crippen MR) is 85.0 cm³/mol. The summed E-state index contributed by atoms with van der Waals surface area (Å²) in [7, 11) is -3.65. The van der Waals surface area contributed by atoms with Gasteiger partial charge in [-0.25, -0.2) is 13.1 Å². The van der Waals surface area contributed by atoms with Gasteiger partial charge in [0.2, 0.25) is 10.0 Å². The second kappa shape index (κ2) is 6.85. The van der Waals surface area contributed by atoms with Crippen molar-refractivity contribution in [3.63, 3.8) is 0 Å². The van der Waals surface area contributed by atoms with Crippen LogP contribution in [0, 0.1) is 0 Å². The molecule has 1 heterocycles. The van der Waals surface area contributed by atoms with Crippen LogP contribution in [0.1, 0.15) is 18.4 Å². The van der Waals surface area contributed by atoms with Crippen LogP contribution >= 0.6 is 35.0 Å². The summed E-state index contributed by atoms with van der Waals surface area (Å²) >= 11 is 13.7. The van der Waals surface area contributed by atoms with E-state index in [0.717, 1.165) is 24.3 Å². The molecule has 4 nitrogen and oxygen atoms in total. The molecule has 0 amide bonds. The molecule has 1 fully saturated rings. The quantitative estimate of drug-likeness (QED) is 0.871. The van der Waals surface area contributed by atoms with Gasteiger partial charge in [0.1, 0.15) is 4.90 Å². The van der Waals surface area contributed by atoms with Crippen LogP contribution in [-0.2, 0) is 16.6 Å². The molecule has 2 rings (SSSR count). The van der Waals surface area contributed by atoms with Crippen LogP contribution in [-0.4, -0.2) is 26.0 Å². The smallest absolute Gasteiger partial charge is 0.242 e. The third-order valence-corrected chi connectivity index (χ3v) is 6.64. The van der Waals surface area contributed by atoms with Gasteiger partial charge in [-0.2, -0.15) is 11.8 Å². The zero-order chi connectivity index (χ0) is 14.8. The van der Waals surface area contributed by atoms with Crippen molar-refractivity contribution in [2.75, 3.05) is 11.5 Å². The van der Waals surface area contributed by atoms with Crippen molar-refractivity contribution in [1.29, 1.82) is 0 Å². The van der Waals surface area contributed by atoms with E-state index in [2.05, 4.69) is 4.72 Å². The minimum Gasteiger partial charge on any atom is -0.326 e. The summed E-state index contributed by atoms with van der Waals surface area (Å²) in [5.41, 5.74) is 6.12. The van der Waals surface area contributed by atoms with Gasteiger partial charge in [-0.05, 0) is 36.3 Å². The second-order valence-corrected chi connectivity index (χ2v) is 8.26. The molecule has 0 aliphatic carbocycles. The van der Waals surface area contributed by atoms with Crippen LogP contribution in [0.25, 0.3) is 0 Å². The van der Waals surface area contributed by atoms with Crippen LogP contribution in [0.2, 0.25) is 10.0 Å². The summed E-state index contributed by atoms with van der Waals surface area (Å²) < 4.78 is 27.5. The number of nitrogens with one attached hydrogen (secondary N) is 1. The van der Waals surface area contributed by atoms with E-state index in [1.807, 2.05) is 0 Å². The van der Waals surface area contributed by atoms with Gasteiger partial charge in [-0.3, -0.25) is 0 Å². The fraction of sp³-hybridized carbons (Fsp3) is 0.500. The third-order valence-electron chi connectivity index (χ3n) is 3.09. The molecule has 1 aliphatic rings. The first-order chi connectivity index (χ1) is 9.44. The van der Waals surface area contributed by atoms with E-state index in [0.29, 0.717) is 10.6 Å². The number of benzene rings is 1. The van der Waals surface area contributed by atoms with E-state index in [4.69, 9.17) is 28.9 Å². The Labute approximate surface area is 133 Å². The molecule has 0 radical (unpaired) electrons. The molecule has 0 bridgehead atoms. The SMILES string of the molecule is NCc1cc(S(=O)(=O)NC2CCCSC2)c(Cl)cc1Cl. The molecule has 1 atom stereocenters. The largest absolute Gasteiger partial charge is 0.326 e. The van der Waals surface area contributed by atoms with Crippen molar-refractivity contribution in [2.24, 2.45) is 5.73 Å². The monoisotopic (exact) mass is 354 g/mol. The highest BCUT2D eigenvalue weighted by molar-refractivity contribution is 7.99. The lowest BCUT2D eigenvalue weighted by Crippen LogP contribution is -2.38. The highest BCUT2D eigenvalue weighted by Gasteiger charge is 2.25. The van der Waals surface area contributed by atoms with Gasteiger partial charge in [-0.15, -0.1) is 0 Å². The molecule has 1 aliphatic heterocycles. The molecule has 0 saturated carbocycles. The van der Waals surface area contributed by atoms with E-state index in [1.54, 1.807) is 11.8 Å². The topological polar surface area (TPSA) is 72.2 Å². The maximum atomic E-state index is 12.4. The lowest BCUT2D eigenvalue weighted by atomic mass is 10.2. The van der Waals surface area contributed by atoms with Crippen molar-refractivity contribution in [3.8, 4) is 0 Å². The number of hydrogen-bond acceptors (Lipinski definition) is 4. The molecule has 1 aromatic carbocycles. The van der Waals surface area contributed by atoms with Gasteiger partial charge >= 0.3 is 0 Å². The number of thioether (sulfide) groups is 1. The van der Waals surface area contributed by atoms with E-state index in [-0.39, 0.29) is 22.5 Å². The Kier molecular flexibility index (Phi) is 5.62. The molecular formula is C12H16Cl2N2O2S2. The van der Waals surface area contributed by atoms with Crippen molar-refractivity contribution < 1.29 is 8.42 Å². The Morgan fingerprint density at radius 3 is 2.70 bits per heavy atom. The third kappa shape index (κ3) is 3.81. The molecule has 3 N–H and O–H groups in total. The first-order valence-corrected chi connectivity index (χ1v) is 9.61. The average molecular weight is 355 g/mol. The molecule has 0 spiro atoms. The summed E-state index contributed by atoms with van der Waals surface area (Å²) in [6.45, 7) is 0.164. The Bertz CT molecular complexity index is 587. The van der Waals surface area contributed by atoms with Crippen LogP contribution < -0.4 is 10.5 Å². The van der Waals surface area contributed by atoms with Crippen LogP contribution in [0.5, 0.6) is 0 Å².